The summed E-state index contributed by atoms with van der Waals surface area (Å²) >= 11 is 0. The van der Waals surface area contributed by atoms with Crippen LogP contribution < -0.4 is 0 Å². The third-order valence-electron chi connectivity index (χ3n) is 4.43. The lowest BCUT2D eigenvalue weighted by atomic mass is 9.96. The van der Waals surface area contributed by atoms with Crippen LogP contribution >= 0.6 is 0 Å². The van der Waals surface area contributed by atoms with E-state index in [1.807, 2.05) is 6.08 Å². The molecule has 0 radical (unpaired) electrons. The number of carbonyl (C=O) groups is 1. The van der Waals surface area contributed by atoms with Crippen LogP contribution in [-0.2, 0) is 4.79 Å². The van der Waals surface area contributed by atoms with Gasteiger partial charge < -0.3 is 14.9 Å². The predicted octanol–water partition coefficient (Wildman–Crippen LogP) is 2.85. The lowest BCUT2D eigenvalue weighted by molar-refractivity contribution is -0.139. The maximum atomic E-state index is 11.0. The number of nitrogens with zero attached hydrogens (tertiary/aromatic N) is 2. The molecule has 2 aliphatic rings. The molecule has 4 heteroatoms. The Bertz CT molecular complexity index is 471. The lowest BCUT2D eigenvalue weighted by Gasteiger charge is -2.39. The number of allylic oxidation sites excluding steroid dienone is 3. The summed E-state index contributed by atoms with van der Waals surface area (Å²) in [6.45, 7) is 6.08. The highest BCUT2D eigenvalue weighted by Crippen LogP contribution is 2.29. The average molecular weight is 290 g/mol. The highest BCUT2D eigenvalue weighted by Gasteiger charge is 2.25. The van der Waals surface area contributed by atoms with Crippen molar-refractivity contribution < 1.29 is 9.90 Å². The number of carboxylic acid groups (broad SMARTS) is 1. The van der Waals surface area contributed by atoms with Gasteiger partial charge in [0.25, 0.3) is 0 Å². The summed E-state index contributed by atoms with van der Waals surface area (Å²) in [5.74, 6) is -1.20. The van der Waals surface area contributed by atoms with E-state index >= 15 is 0 Å². The first-order valence-electron chi connectivity index (χ1n) is 7.75. The van der Waals surface area contributed by atoms with Crippen LogP contribution in [0.25, 0.3) is 0 Å². The maximum Gasteiger partial charge on any atom is 0.310 e. The molecule has 1 fully saturated rings. The third kappa shape index (κ3) is 3.97. The van der Waals surface area contributed by atoms with E-state index in [0.717, 1.165) is 25.1 Å². The van der Waals surface area contributed by atoms with Gasteiger partial charge in [-0.25, -0.2) is 0 Å². The molecule has 2 rings (SSSR count). The standard InChI is InChI=1S/C17H26N2O2/c1-4-15-12-14(11-13(2)17(20)21)5-10-19(15)16-6-8-18(3)9-7-16/h4-5,10-11,13,16H,6-9,12H2,1-3H3,(H,20,21)/b14-11-,15-4+. The summed E-state index contributed by atoms with van der Waals surface area (Å²) in [6, 6.07) is 0.571. The van der Waals surface area contributed by atoms with Gasteiger partial charge in [0.15, 0.2) is 0 Å². The fourth-order valence-electron chi connectivity index (χ4n) is 3.02. The smallest absolute Gasteiger partial charge is 0.310 e. The SMILES string of the molecule is C/C=C1\C/C(=C\C(C)C(=O)O)C=CN1C1CCN(C)CC1. The molecule has 1 N–H and O–H groups in total. The molecule has 0 bridgehead atoms. The van der Waals surface area contributed by atoms with Gasteiger partial charge in [-0.3, -0.25) is 4.79 Å². The maximum absolute atomic E-state index is 11.0. The number of hydrogen-bond acceptors (Lipinski definition) is 3. The van der Waals surface area contributed by atoms with Gasteiger partial charge in [-0.1, -0.05) is 12.2 Å². The van der Waals surface area contributed by atoms with Crippen molar-refractivity contribution >= 4 is 5.97 Å². The van der Waals surface area contributed by atoms with E-state index in [4.69, 9.17) is 5.11 Å². The molecule has 116 valence electrons. The van der Waals surface area contributed by atoms with Crippen LogP contribution in [0.4, 0.5) is 0 Å². The molecular formula is C17H26N2O2. The zero-order valence-electron chi connectivity index (χ0n) is 13.2. The van der Waals surface area contributed by atoms with E-state index < -0.39 is 11.9 Å². The minimum atomic E-state index is -0.768. The van der Waals surface area contributed by atoms with Crippen molar-refractivity contribution in [3.05, 3.63) is 35.7 Å². The fraction of sp³-hybridized carbons (Fsp3) is 0.588. The molecule has 2 aliphatic heterocycles. The van der Waals surface area contributed by atoms with Gasteiger partial charge in [0.2, 0.25) is 0 Å². The lowest BCUT2D eigenvalue weighted by Crippen LogP contribution is -2.41. The highest BCUT2D eigenvalue weighted by molar-refractivity contribution is 5.72. The molecule has 0 aromatic heterocycles. The fourth-order valence-corrected chi connectivity index (χ4v) is 3.02. The largest absolute Gasteiger partial charge is 0.481 e. The monoisotopic (exact) mass is 290 g/mol. The van der Waals surface area contributed by atoms with E-state index in [-0.39, 0.29) is 0 Å². The summed E-state index contributed by atoms with van der Waals surface area (Å²) in [4.78, 5) is 15.7. The van der Waals surface area contributed by atoms with Gasteiger partial charge in [-0.05, 0) is 58.5 Å². The van der Waals surface area contributed by atoms with E-state index in [0.29, 0.717) is 6.04 Å². The number of carboxylic acids is 1. The second-order valence-electron chi connectivity index (χ2n) is 6.08. The van der Waals surface area contributed by atoms with E-state index in [9.17, 15) is 4.79 Å². The van der Waals surface area contributed by atoms with Crippen molar-refractivity contribution in [3.63, 3.8) is 0 Å². The molecular weight excluding hydrogens is 264 g/mol. The van der Waals surface area contributed by atoms with Gasteiger partial charge in [0.1, 0.15) is 0 Å². The normalized spacial score (nSPS) is 26.5. The Kier molecular flexibility index (Phi) is 5.23. The molecule has 0 amide bonds. The van der Waals surface area contributed by atoms with Gasteiger partial charge in [0.05, 0.1) is 5.92 Å². The summed E-state index contributed by atoms with van der Waals surface area (Å²) in [5.41, 5.74) is 2.39. The molecule has 0 aromatic carbocycles. The zero-order valence-corrected chi connectivity index (χ0v) is 13.2. The van der Waals surface area contributed by atoms with Crippen molar-refractivity contribution in [2.45, 2.75) is 39.2 Å². The first kappa shape index (κ1) is 15.8. The molecule has 1 unspecified atom stereocenters. The molecule has 21 heavy (non-hydrogen) atoms. The summed E-state index contributed by atoms with van der Waals surface area (Å²) in [7, 11) is 2.17. The van der Waals surface area contributed by atoms with Crippen molar-refractivity contribution in [1.82, 2.24) is 9.80 Å². The van der Waals surface area contributed by atoms with Gasteiger partial charge >= 0.3 is 5.97 Å². The number of likely N-dealkylation sites (tertiary alicyclic amines) is 1. The van der Waals surface area contributed by atoms with Crippen LogP contribution in [-0.4, -0.2) is 47.1 Å². The predicted molar refractivity (Wildman–Crippen MR) is 84.8 cm³/mol. The van der Waals surface area contributed by atoms with Crippen molar-refractivity contribution in [1.29, 1.82) is 0 Å². The van der Waals surface area contributed by atoms with Crippen molar-refractivity contribution in [2.75, 3.05) is 20.1 Å². The number of piperidine rings is 1. The van der Waals surface area contributed by atoms with Crippen LogP contribution in [0, 0.1) is 5.92 Å². The van der Waals surface area contributed by atoms with Gasteiger partial charge in [0, 0.05) is 24.4 Å². The van der Waals surface area contributed by atoms with E-state index in [1.54, 1.807) is 6.92 Å². The van der Waals surface area contributed by atoms with Crippen molar-refractivity contribution in [3.8, 4) is 0 Å². The number of aliphatic carboxylic acids is 1. The number of hydrogen-bond donors (Lipinski definition) is 1. The second kappa shape index (κ2) is 6.94. The first-order chi connectivity index (χ1) is 10.0. The molecule has 0 saturated carbocycles. The minimum absolute atomic E-state index is 0.433. The van der Waals surface area contributed by atoms with Crippen LogP contribution in [0.2, 0.25) is 0 Å². The first-order valence-corrected chi connectivity index (χ1v) is 7.75. The van der Waals surface area contributed by atoms with Gasteiger partial charge in [-0.15, -0.1) is 0 Å². The number of rotatable bonds is 3. The Morgan fingerprint density at radius 2 is 2.10 bits per heavy atom. The molecule has 1 saturated heterocycles. The summed E-state index contributed by atoms with van der Waals surface area (Å²) in [5, 5.41) is 9.02. The minimum Gasteiger partial charge on any atom is -0.481 e. The van der Waals surface area contributed by atoms with E-state index in [1.165, 1.54) is 18.5 Å². The van der Waals surface area contributed by atoms with Crippen LogP contribution in [0.15, 0.2) is 35.7 Å². The second-order valence-corrected chi connectivity index (χ2v) is 6.08. The Hall–Kier alpha value is -1.55. The van der Waals surface area contributed by atoms with Crippen LogP contribution in [0.3, 0.4) is 0 Å². The van der Waals surface area contributed by atoms with Crippen LogP contribution in [0.1, 0.15) is 33.1 Å². The molecule has 0 aliphatic carbocycles. The Morgan fingerprint density at radius 3 is 2.67 bits per heavy atom. The summed E-state index contributed by atoms with van der Waals surface area (Å²) < 4.78 is 0. The average Bonchev–Trinajstić information content (AvgIpc) is 2.48. The zero-order chi connectivity index (χ0) is 15.4. The Morgan fingerprint density at radius 1 is 1.43 bits per heavy atom. The Balaban J connectivity index is 2.10. The van der Waals surface area contributed by atoms with E-state index in [2.05, 4.69) is 42.1 Å². The van der Waals surface area contributed by atoms with Crippen molar-refractivity contribution in [2.24, 2.45) is 5.92 Å². The third-order valence-corrected chi connectivity index (χ3v) is 4.43. The molecule has 2 heterocycles. The topological polar surface area (TPSA) is 43.8 Å². The quantitative estimate of drug-likeness (QED) is 0.868. The van der Waals surface area contributed by atoms with Gasteiger partial charge in [-0.2, -0.15) is 0 Å². The Labute approximate surface area is 127 Å². The highest BCUT2D eigenvalue weighted by atomic mass is 16.4. The van der Waals surface area contributed by atoms with Crippen LogP contribution in [0.5, 0.6) is 0 Å². The molecule has 1 atom stereocenters. The molecule has 4 nitrogen and oxygen atoms in total. The summed E-state index contributed by atoms with van der Waals surface area (Å²) in [6.07, 6.45) is 11.4. The molecule has 0 aromatic rings. The molecule has 0 spiro atoms.